The molecule has 2 amide bonds. The molecule has 2 heterocycles. The summed E-state index contributed by atoms with van der Waals surface area (Å²) >= 11 is 0. The highest BCUT2D eigenvalue weighted by Crippen LogP contribution is 2.27. The number of rotatable bonds is 6. The Hall–Kier alpha value is -2.34. The van der Waals surface area contributed by atoms with Gasteiger partial charge in [0.25, 0.3) is 5.91 Å². The summed E-state index contributed by atoms with van der Waals surface area (Å²) < 4.78 is 5.60. The Morgan fingerprint density at radius 1 is 1.23 bits per heavy atom. The van der Waals surface area contributed by atoms with Crippen molar-refractivity contribution in [3.8, 4) is 0 Å². The van der Waals surface area contributed by atoms with Gasteiger partial charge in [0.15, 0.2) is 0 Å². The molecule has 0 spiro atoms. The van der Waals surface area contributed by atoms with Crippen molar-refractivity contribution in [2.75, 3.05) is 24.5 Å². The Labute approximate surface area is 186 Å². The average molecular weight is 428 g/mol. The molecule has 6 heteroatoms. The lowest BCUT2D eigenvalue weighted by Crippen LogP contribution is -2.51. The van der Waals surface area contributed by atoms with Crippen LogP contribution < -0.4 is 10.2 Å². The van der Waals surface area contributed by atoms with Crippen molar-refractivity contribution in [2.45, 2.75) is 77.5 Å². The standard InChI is InChI=1S/C25H37N3O3/c1-5-20(13-14-23(29)28-17-15-19-10-6-7-12-22(19)28)26-18-21-11-8-9-16-27(21)24(30)31-25(2,3)4/h6-7,10,12-14,20-21,26H,5,8-9,11,15-18H2,1-4H3. The van der Waals surface area contributed by atoms with Crippen molar-refractivity contribution in [3.05, 3.63) is 42.0 Å². The number of fused-ring (bicyclic) bond motifs is 1. The molecule has 0 bridgehead atoms. The number of anilines is 1. The molecule has 0 saturated carbocycles. The smallest absolute Gasteiger partial charge is 0.410 e. The molecule has 1 saturated heterocycles. The summed E-state index contributed by atoms with van der Waals surface area (Å²) in [5, 5.41) is 3.54. The number of nitrogens with zero attached hydrogens (tertiary/aromatic N) is 2. The van der Waals surface area contributed by atoms with E-state index < -0.39 is 5.60 Å². The summed E-state index contributed by atoms with van der Waals surface area (Å²) in [5.41, 5.74) is 1.76. The normalized spacial score (nSPS) is 20.1. The first-order valence-corrected chi connectivity index (χ1v) is 11.6. The Kier molecular flexibility index (Phi) is 7.76. The molecule has 1 fully saturated rings. The first-order chi connectivity index (χ1) is 14.8. The van der Waals surface area contributed by atoms with E-state index in [2.05, 4.69) is 18.3 Å². The second kappa shape index (κ2) is 10.3. The number of nitrogens with one attached hydrogen (secondary N) is 1. The van der Waals surface area contributed by atoms with Crippen LogP contribution in [0.15, 0.2) is 36.4 Å². The zero-order valence-corrected chi connectivity index (χ0v) is 19.4. The Morgan fingerprint density at radius 2 is 2.00 bits per heavy atom. The molecular formula is C25H37N3O3. The molecule has 1 aromatic rings. The number of amides is 2. The highest BCUT2D eigenvalue weighted by Gasteiger charge is 2.30. The number of hydrogen-bond acceptors (Lipinski definition) is 4. The maximum absolute atomic E-state index is 12.8. The second-order valence-electron chi connectivity index (χ2n) is 9.47. The van der Waals surface area contributed by atoms with Gasteiger partial charge in [-0.2, -0.15) is 0 Å². The van der Waals surface area contributed by atoms with Crippen molar-refractivity contribution in [2.24, 2.45) is 0 Å². The molecule has 6 nitrogen and oxygen atoms in total. The van der Waals surface area contributed by atoms with Crippen LogP contribution in [0, 0.1) is 0 Å². The van der Waals surface area contributed by atoms with Crippen LogP contribution in [0.1, 0.15) is 58.9 Å². The number of piperidine rings is 1. The summed E-state index contributed by atoms with van der Waals surface area (Å²) in [6.45, 7) is 9.97. The third-order valence-electron chi connectivity index (χ3n) is 5.93. The van der Waals surface area contributed by atoms with Crippen LogP contribution in [0.25, 0.3) is 0 Å². The van der Waals surface area contributed by atoms with Gasteiger partial charge in [0.05, 0.1) is 0 Å². The Balaban J connectivity index is 1.55. The van der Waals surface area contributed by atoms with Crippen LogP contribution in [0.3, 0.4) is 0 Å². The van der Waals surface area contributed by atoms with E-state index in [4.69, 9.17) is 4.74 Å². The van der Waals surface area contributed by atoms with Crippen LogP contribution in [0.5, 0.6) is 0 Å². The fourth-order valence-corrected chi connectivity index (χ4v) is 4.27. The van der Waals surface area contributed by atoms with Crippen molar-refractivity contribution >= 4 is 17.7 Å². The third-order valence-corrected chi connectivity index (χ3v) is 5.93. The Bertz CT molecular complexity index is 799. The summed E-state index contributed by atoms with van der Waals surface area (Å²) in [7, 11) is 0. The van der Waals surface area contributed by atoms with E-state index >= 15 is 0 Å². The second-order valence-corrected chi connectivity index (χ2v) is 9.47. The molecule has 2 aliphatic heterocycles. The van der Waals surface area contributed by atoms with E-state index in [1.54, 1.807) is 6.08 Å². The van der Waals surface area contributed by atoms with Crippen molar-refractivity contribution in [3.63, 3.8) is 0 Å². The molecule has 3 rings (SSSR count). The van der Waals surface area contributed by atoms with Crippen LogP contribution in [0.4, 0.5) is 10.5 Å². The number of para-hydroxylation sites is 1. The van der Waals surface area contributed by atoms with Gasteiger partial charge in [0, 0.05) is 43.5 Å². The van der Waals surface area contributed by atoms with Crippen LogP contribution >= 0.6 is 0 Å². The minimum atomic E-state index is -0.490. The largest absolute Gasteiger partial charge is 0.444 e. The SMILES string of the molecule is CCC(C=CC(=O)N1CCc2ccccc21)NCC1CCCCN1C(=O)OC(C)(C)C. The zero-order chi connectivity index (χ0) is 22.4. The molecule has 31 heavy (non-hydrogen) atoms. The third kappa shape index (κ3) is 6.33. The molecule has 2 aliphatic rings. The van der Waals surface area contributed by atoms with E-state index in [1.807, 2.05) is 54.8 Å². The predicted octanol–water partition coefficient (Wildman–Crippen LogP) is 4.29. The van der Waals surface area contributed by atoms with Gasteiger partial charge >= 0.3 is 6.09 Å². The van der Waals surface area contributed by atoms with Gasteiger partial charge in [0.1, 0.15) is 5.60 Å². The van der Waals surface area contributed by atoms with E-state index in [1.165, 1.54) is 5.56 Å². The van der Waals surface area contributed by atoms with Gasteiger partial charge in [-0.1, -0.05) is 31.2 Å². The molecule has 1 aromatic carbocycles. The maximum Gasteiger partial charge on any atom is 0.410 e. The lowest BCUT2D eigenvalue weighted by molar-refractivity contribution is -0.114. The number of carbonyl (C=O) groups is 2. The fourth-order valence-electron chi connectivity index (χ4n) is 4.27. The van der Waals surface area contributed by atoms with Crippen molar-refractivity contribution in [1.82, 2.24) is 10.2 Å². The van der Waals surface area contributed by atoms with E-state index in [-0.39, 0.29) is 24.1 Å². The number of benzene rings is 1. The number of ether oxygens (including phenoxy) is 1. The fraction of sp³-hybridized carbons (Fsp3) is 0.600. The molecule has 0 radical (unpaired) electrons. The lowest BCUT2D eigenvalue weighted by Gasteiger charge is -2.37. The van der Waals surface area contributed by atoms with Crippen molar-refractivity contribution in [1.29, 1.82) is 0 Å². The minimum absolute atomic E-state index is 0.0262. The topological polar surface area (TPSA) is 61.9 Å². The summed E-state index contributed by atoms with van der Waals surface area (Å²) in [4.78, 5) is 29.1. The lowest BCUT2D eigenvalue weighted by atomic mass is 10.0. The van der Waals surface area contributed by atoms with Gasteiger partial charge < -0.3 is 19.9 Å². The molecule has 2 atom stereocenters. The van der Waals surface area contributed by atoms with Crippen LogP contribution in [-0.4, -0.2) is 54.2 Å². The molecule has 0 aromatic heterocycles. The maximum atomic E-state index is 12.8. The Morgan fingerprint density at radius 3 is 2.74 bits per heavy atom. The number of carbonyl (C=O) groups excluding carboxylic acids is 2. The van der Waals surface area contributed by atoms with Gasteiger partial charge in [-0.3, -0.25) is 4.79 Å². The van der Waals surface area contributed by atoms with Gasteiger partial charge in [-0.05, 0) is 64.5 Å². The van der Waals surface area contributed by atoms with Crippen LogP contribution in [-0.2, 0) is 16.0 Å². The summed E-state index contributed by atoms with van der Waals surface area (Å²) in [5.74, 6) is 0.0262. The molecule has 2 unspecified atom stereocenters. The van der Waals surface area contributed by atoms with Crippen LogP contribution in [0.2, 0.25) is 0 Å². The average Bonchev–Trinajstić information content (AvgIpc) is 3.17. The van der Waals surface area contributed by atoms with Crippen molar-refractivity contribution < 1.29 is 14.3 Å². The molecule has 1 N–H and O–H groups in total. The number of hydrogen-bond donors (Lipinski definition) is 1. The van der Waals surface area contributed by atoms with Gasteiger partial charge in [-0.15, -0.1) is 0 Å². The van der Waals surface area contributed by atoms with E-state index in [0.29, 0.717) is 6.54 Å². The van der Waals surface area contributed by atoms with E-state index in [9.17, 15) is 9.59 Å². The highest BCUT2D eigenvalue weighted by atomic mass is 16.6. The minimum Gasteiger partial charge on any atom is -0.444 e. The van der Waals surface area contributed by atoms with E-state index in [0.717, 1.165) is 50.9 Å². The first-order valence-electron chi connectivity index (χ1n) is 11.6. The molecule has 0 aliphatic carbocycles. The highest BCUT2D eigenvalue weighted by molar-refractivity contribution is 6.02. The quantitative estimate of drug-likeness (QED) is 0.688. The summed E-state index contributed by atoms with van der Waals surface area (Å²) in [6.07, 6.45) is 8.30. The zero-order valence-electron chi connectivity index (χ0n) is 19.4. The molecular weight excluding hydrogens is 390 g/mol. The monoisotopic (exact) mass is 427 g/mol. The van der Waals surface area contributed by atoms with Gasteiger partial charge in [0.2, 0.25) is 0 Å². The van der Waals surface area contributed by atoms with Gasteiger partial charge in [-0.25, -0.2) is 4.79 Å². The molecule has 170 valence electrons. The number of likely N-dealkylation sites (tertiary alicyclic amines) is 1. The summed E-state index contributed by atoms with van der Waals surface area (Å²) in [6, 6.07) is 8.30. The first kappa shape index (κ1) is 23.3. The predicted molar refractivity (Wildman–Crippen MR) is 124 cm³/mol.